The summed E-state index contributed by atoms with van der Waals surface area (Å²) >= 11 is 0. The first-order valence-corrected chi connectivity index (χ1v) is 8.16. The number of likely N-dealkylation sites (tertiary alicyclic amines) is 1. The van der Waals surface area contributed by atoms with Gasteiger partial charge in [0, 0.05) is 6.04 Å². The first-order chi connectivity index (χ1) is 10.3. The number of rotatable bonds is 4. The van der Waals surface area contributed by atoms with Crippen LogP contribution in [0, 0.1) is 5.92 Å². The predicted octanol–water partition coefficient (Wildman–Crippen LogP) is 4.70. The van der Waals surface area contributed by atoms with Gasteiger partial charge in [-0.1, -0.05) is 60.7 Å². The van der Waals surface area contributed by atoms with Crippen LogP contribution in [0.25, 0.3) is 0 Å². The Morgan fingerprint density at radius 2 is 1.48 bits per heavy atom. The number of piperidine rings is 1. The lowest BCUT2D eigenvalue weighted by atomic mass is 9.89. The van der Waals surface area contributed by atoms with E-state index < -0.39 is 0 Å². The van der Waals surface area contributed by atoms with Gasteiger partial charge in [0.1, 0.15) is 0 Å². The fraction of sp³-hybridized carbons (Fsp3) is 0.400. The van der Waals surface area contributed by atoms with E-state index in [1.54, 1.807) is 0 Å². The van der Waals surface area contributed by atoms with E-state index in [1.807, 2.05) is 0 Å². The van der Waals surface area contributed by atoms with Crippen LogP contribution < -0.4 is 0 Å². The molecule has 1 unspecified atom stereocenters. The average molecular weight is 279 g/mol. The van der Waals surface area contributed by atoms with Crippen LogP contribution in [0.2, 0.25) is 0 Å². The lowest BCUT2D eigenvalue weighted by Crippen LogP contribution is -2.36. The Bertz CT molecular complexity index is 526. The van der Waals surface area contributed by atoms with Crippen LogP contribution in [0.5, 0.6) is 0 Å². The minimum absolute atomic E-state index is 0.545. The maximum Gasteiger partial charge on any atom is 0.0319 e. The topological polar surface area (TPSA) is 3.24 Å². The summed E-state index contributed by atoms with van der Waals surface area (Å²) in [7, 11) is 0. The van der Waals surface area contributed by atoms with Crippen molar-refractivity contribution in [2.75, 3.05) is 13.1 Å². The maximum absolute atomic E-state index is 2.64. The number of nitrogens with zero attached hydrogens (tertiary/aromatic N) is 1. The molecular formula is C20H25N. The fourth-order valence-electron chi connectivity index (χ4n) is 3.43. The van der Waals surface area contributed by atoms with Gasteiger partial charge in [0.25, 0.3) is 0 Å². The second-order valence-corrected chi connectivity index (χ2v) is 6.26. The molecule has 0 radical (unpaired) electrons. The molecule has 1 atom stereocenters. The molecule has 0 bridgehead atoms. The van der Waals surface area contributed by atoms with Gasteiger partial charge in [-0.05, 0) is 56.3 Å². The highest BCUT2D eigenvalue weighted by Crippen LogP contribution is 2.28. The third-order valence-electron chi connectivity index (χ3n) is 4.85. The molecular weight excluding hydrogens is 254 g/mol. The van der Waals surface area contributed by atoms with Crippen LogP contribution in [-0.4, -0.2) is 18.0 Å². The highest BCUT2D eigenvalue weighted by molar-refractivity contribution is 5.19. The van der Waals surface area contributed by atoms with Crippen LogP contribution in [0.3, 0.4) is 0 Å². The molecule has 110 valence electrons. The van der Waals surface area contributed by atoms with Crippen molar-refractivity contribution >= 4 is 0 Å². The van der Waals surface area contributed by atoms with Gasteiger partial charge in [-0.15, -0.1) is 0 Å². The zero-order chi connectivity index (χ0) is 14.5. The summed E-state index contributed by atoms with van der Waals surface area (Å²) in [5.41, 5.74) is 2.94. The second kappa shape index (κ2) is 6.91. The van der Waals surface area contributed by atoms with Crippen LogP contribution in [0.15, 0.2) is 60.7 Å². The zero-order valence-corrected chi connectivity index (χ0v) is 12.9. The molecule has 1 nitrogen and oxygen atoms in total. The summed E-state index contributed by atoms with van der Waals surface area (Å²) in [4.78, 5) is 2.64. The first kappa shape index (κ1) is 14.3. The molecule has 1 aliphatic heterocycles. The third-order valence-corrected chi connectivity index (χ3v) is 4.85. The number of hydrogen-bond acceptors (Lipinski definition) is 1. The molecule has 0 N–H and O–H groups in total. The van der Waals surface area contributed by atoms with Gasteiger partial charge >= 0.3 is 0 Å². The summed E-state index contributed by atoms with van der Waals surface area (Å²) in [6.07, 6.45) is 3.90. The molecule has 3 rings (SSSR count). The molecule has 0 amide bonds. The van der Waals surface area contributed by atoms with Crippen LogP contribution in [-0.2, 0) is 6.42 Å². The fourth-order valence-corrected chi connectivity index (χ4v) is 3.43. The Labute approximate surface area is 128 Å². The molecule has 1 fully saturated rings. The second-order valence-electron chi connectivity index (χ2n) is 6.26. The van der Waals surface area contributed by atoms with E-state index in [0.29, 0.717) is 6.04 Å². The van der Waals surface area contributed by atoms with E-state index in [-0.39, 0.29) is 0 Å². The van der Waals surface area contributed by atoms with Crippen molar-refractivity contribution < 1.29 is 0 Å². The standard InChI is InChI=1S/C20H25N/c1-17(20-10-6-3-7-11-20)21-14-12-19(13-15-21)16-18-8-4-2-5-9-18/h2-11,17,19H,12-16H2,1H3. The van der Waals surface area contributed by atoms with Gasteiger partial charge in [-0.25, -0.2) is 0 Å². The monoisotopic (exact) mass is 279 g/mol. The highest BCUT2D eigenvalue weighted by Gasteiger charge is 2.23. The lowest BCUT2D eigenvalue weighted by Gasteiger charge is -2.36. The predicted molar refractivity (Wildman–Crippen MR) is 89.3 cm³/mol. The molecule has 0 spiro atoms. The molecule has 0 saturated carbocycles. The molecule has 1 heteroatoms. The quantitative estimate of drug-likeness (QED) is 0.784. The van der Waals surface area contributed by atoms with Crippen molar-refractivity contribution in [3.05, 3.63) is 71.8 Å². The number of hydrogen-bond donors (Lipinski definition) is 0. The van der Waals surface area contributed by atoms with Crippen molar-refractivity contribution in [2.24, 2.45) is 5.92 Å². The SMILES string of the molecule is CC(c1ccccc1)N1CCC(Cc2ccccc2)CC1. The average Bonchev–Trinajstić information content (AvgIpc) is 2.57. The molecule has 1 saturated heterocycles. The van der Waals surface area contributed by atoms with Crippen molar-refractivity contribution in [1.29, 1.82) is 0 Å². The van der Waals surface area contributed by atoms with Crippen LogP contribution >= 0.6 is 0 Å². The van der Waals surface area contributed by atoms with Gasteiger partial charge in [0.15, 0.2) is 0 Å². The summed E-state index contributed by atoms with van der Waals surface area (Å²) in [5.74, 6) is 0.853. The smallest absolute Gasteiger partial charge is 0.0319 e. The van der Waals surface area contributed by atoms with Gasteiger partial charge in [0.2, 0.25) is 0 Å². The summed E-state index contributed by atoms with van der Waals surface area (Å²) in [6, 6.07) is 22.4. The molecule has 2 aromatic rings. The van der Waals surface area contributed by atoms with Gasteiger partial charge in [-0.2, -0.15) is 0 Å². The van der Waals surface area contributed by atoms with Crippen LogP contribution in [0.1, 0.15) is 36.9 Å². The normalized spacial score (nSPS) is 18.5. The van der Waals surface area contributed by atoms with Crippen molar-refractivity contribution in [2.45, 2.75) is 32.2 Å². The maximum atomic E-state index is 2.64. The van der Waals surface area contributed by atoms with Crippen LogP contribution in [0.4, 0.5) is 0 Å². The van der Waals surface area contributed by atoms with E-state index in [0.717, 1.165) is 5.92 Å². The van der Waals surface area contributed by atoms with Crippen molar-refractivity contribution in [3.63, 3.8) is 0 Å². The Morgan fingerprint density at radius 1 is 0.905 bits per heavy atom. The van der Waals surface area contributed by atoms with Gasteiger partial charge < -0.3 is 0 Å². The van der Waals surface area contributed by atoms with E-state index in [4.69, 9.17) is 0 Å². The Kier molecular flexibility index (Phi) is 4.72. The van der Waals surface area contributed by atoms with E-state index in [9.17, 15) is 0 Å². The summed E-state index contributed by atoms with van der Waals surface area (Å²) in [5, 5.41) is 0. The number of benzene rings is 2. The largest absolute Gasteiger partial charge is 0.297 e. The molecule has 2 aromatic carbocycles. The minimum atomic E-state index is 0.545. The molecule has 1 aliphatic rings. The van der Waals surface area contributed by atoms with E-state index in [1.165, 1.54) is 43.5 Å². The first-order valence-electron chi connectivity index (χ1n) is 8.16. The Balaban J connectivity index is 1.53. The summed E-state index contributed by atoms with van der Waals surface area (Å²) < 4.78 is 0. The lowest BCUT2D eigenvalue weighted by molar-refractivity contribution is 0.141. The molecule has 1 heterocycles. The molecule has 21 heavy (non-hydrogen) atoms. The van der Waals surface area contributed by atoms with Gasteiger partial charge in [-0.3, -0.25) is 4.90 Å². The van der Waals surface area contributed by atoms with E-state index in [2.05, 4.69) is 72.5 Å². The highest BCUT2D eigenvalue weighted by atomic mass is 15.2. The van der Waals surface area contributed by atoms with Crippen molar-refractivity contribution in [1.82, 2.24) is 4.90 Å². The van der Waals surface area contributed by atoms with E-state index >= 15 is 0 Å². The zero-order valence-electron chi connectivity index (χ0n) is 12.9. The molecule has 0 aliphatic carbocycles. The minimum Gasteiger partial charge on any atom is -0.297 e. The third kappa shape index (κ3) is 3.74. The molecule has 0 aromatic heterocycles. The Hall–Kier alpha value is -1.60. The Morgan fingerprint density at radius 3 is 2.10 bits per heavy atom. The van der Waals surface area contributed by atoms with Gasteiger partial charge in [0.05, 0.1) is 0 Å². The summed E-state index contributed by atoms with van der Waals surface area (Å²) in [6.45, 7) is 4.80. The van der Waals surface area contributed by atoms with Crippen molar-refractivity contribution in [3.8, 4) is 0 Å².